The van der Waals surface area contributed by atoms with Gasteiger partial charge in [0, 0.05) is 19.6 Å². The Morgan fingerprint density at radius 1 is 1.19 bits per heavy atom. The van der Waals surface area contributed by atoms with E-state index in [1.807, 2.05) is 12.1 Å². The molecule has 0 amide bonds. The van der Waals surface area contributed by atoms with Gasteiger partial charge in [0.2, 0.25) is 0 Å². The number of piperidine rings is 1. The van der Waals surface area contributed by atoms with E-state index in [9.17, 15) is 5.11 Å². The first-order chi connectivity index (χ1) is 10.2. The molecule has 3 rings (SSSR count). The maximum absolute atomic E-state index is 9.74. The Hall–Kier alpha value is -1.58. The molecule has 2 aromatic carbocycles. The maximum atomic E-state index is 9.74. The zero-order chi connectivity index (χ0) is 14.7. The van der Waals surface area contributed by atoms with Crippen LogP contribution in [0.5, 0.6) is 5.75 Å². The topological polar surface area (TPSA) is 32.7 Å². The second-order valence-electron chi connectivity index (χ2n) is 5.99. The van der Waals surface area contributed by atoms with E-state index in [0.717, 1.165) is 31.8 Å². The van der Waals surface area contributed by atoms with Crippen LogP contribution >= 0.6 is 0 Å². The number of hydrogen-bond acceptors (Lipinski definition) is 3. The number of likely N-dealkylation sites (tertiary alicyclic amines) is 1. The summed E-state index contributed by atoms with van der Waals surface area (Å²) in [5.41, 5.74) is 0. The Labute approximate surface area is 126 Å². The predicted octanol–water partition coefficient (Wildman–Crippen LogP) is 2.92. The third kappa shape index (κ3) is 3.55. The molecule has 2 unspecified atom stereocenters. The van der Waals surface area contributed by atoms with Crippen molar-refractivity contribution in [2.75, 3.05) is 26.2 Å². The van der Waals surface area contributed by atoms with E-state index in [0.29, 0.717) is 12.5 Å². The second-order valence-corrected chi connectivity index (χ2v) is 5.99. The molecule has 1 aliphatic heterocycles. The number of nitrogens with zero attached hydrogens (tertiary/aromatic N) is 1. The first-order valence-electron chi connectivity index (χ1n) is 7.74. The summed E-state index contributed by atoms with van der Waals surface area (Å²) < 4.78 is 5.87. The minimum absolute atomic E-state index is 0.136. The number of fused-ring (bicyclic) bond motifs is 1. The van der Waals surface area contributed by atoms with Crippen molar-refractivity contribution in [1.29, 1.82) is 0 Å². The van der Waals surface area contributed by atoms with E-state index in [1.54, 1.807) is 0 Å². The molecule has 2 atom stereocenters. The average molecular weight is 285 g/mol. The van der Waals surface area contributed by atoms with Gasteiger partial charge in [-0.3, -0.25) is 4.90 Å². The standard InChI is InChI=1S/C18H23NO2/c1-14-13-19(9-8-18(14)20)10-11-21-17-7-6-15-4-2-3-5-16(15)12-17/h2-7,12,14,18,20H,8-11,13H2,1H3. The molecule has 112 valence electrons. The molecular weight excluding hydrogens is 262 g/mol. The van der Waals surface area contributed by atoms with Gasteiger partial charge in [-0.25, -0.2) is 0 Å². The molecular formula is C18H23NO2. The molecule has 3 nitrogen and oxygen atoms in total. The Kier molecular flexibility index (Phi) is 4.42. The molecule has 0 aromatic heterocycles. The minimum Gasteiger partial charge on any atom is -0.492 e. The zero-order valence-corrected chi connectivity index (χ0v) is 12.5. The highest BCUT2D eigenvalue weighted by atomic mass is 16.5. The SMILES string of the molecule is CC1CN(CCOc2ccc3ccccc3c2)CCC1O. The first-order valence-corrected chi connectivity index (χ1v) is 7.74. The number of hydrogen-bond donors (Lipinski definition) is 1. The van der Waals surface area contributed by atoms with Gasteiger partial charge in [0.05, 0.1) is 6.10 Å². The summed E-state index contributed by atoms with van der Waals surface area (Å²) in [6, 6.07) is 14.5. The Bertz CT molecular complexity index is 599. The first kappa shape index (κ1) is 14.4. The van der Waals surface area contributed by atoms with Crippen molar-refractivity contribution in [3.8, 4) is 5.75 Å². The number of benzene rings is 2. The van der Waals surface area contributed by atoms with Crippen molar-refractivity contribution >= 4 is 10.8 Å². The van der Waals surface area contributed by atoms with Gasteiger partial charge < -0.3 is 9.84 Å². The summed E-state index contributed by atoms with van der Waals surface area (Å²) in [6.45, 7) is 5.65. The molecule has 0 saturated carbocycles. The average Bonchev–Trinajstić information content (AvgIpc) is 2.51. The van der Waals surface area contributed by atoms with E-state index in [4.69, 9.17) is 4.74 Å². The minimum atomic E-state index is -0.136. The van der Waals surface area contributed by atoms with Crippen molar-refractivity contribution in [2.45, 2.75) is 19.4 Å². The predicted molar refractivity (Wildman–Crippen MR) is 85.7 cm³/mol. The summed E-state index contributed by atoms with van der Waals surface area (Å²) >= 11 is 0. The molecule has 1 heterocycles. The van der Waals surface area contributed by atoms with Crippen LogP contribution in [0.15, 0.2) is 42.5 Å². The summed E-state index contributed by atoms with van der Waals surface area (Å²) in [5, 5.41) is 12.2. The van der Waals surface area contributed by atoms with Gasteiger partial charge in [-0.05, 0) is 35.2 Å². The van der Waals surface area contributed by atoms with Crippen molar-refractivity contribution in [3.05, 3.63) is 42.5 Å². The fourth-order valence-corrected chi connectivity index (χ4v) is 2.97. The fourth-order valence-electron chi connectivity index (χ4n) is 2.97. The monoisotopic (exact) mass is 285 g/mol. The largest absolute Gasteiger partial charge is 0.492 e. The molecule has 1 aliphatic rings. The van der Waals surface area contributed by atoms with Gasteiger partial charge in [-0.15, -0.1) is 0 Å². The van der Waals surface area contributed by atoms with Crippen LogP contribution in [0.25, 0.3) is 10.8 Å². The van der Waals surface area contributed by atoms with E-state index in [-0.39, 0.29) is 6.10 Å². The van der Waals surface area contributed by atoms with Crippen LogP contribution in [0.3, 0.4) is 0 Å². The molecule has 0 bridgehead atoms. The molecule has 2 aromatic rings. The van der Waals surface area contributed by atoms with Crippen molar-refractivity contribution in [3.63, 3.8) is 0 Å². The van der Waals surface area contributed by atoms with Crippen LogP contribution in [0.4, 0.5) is 0 Å². The van der Waals surface area contributed by atoms with Gasteiger partial charge in [-0.2, -0.15) is 0 Å². The highest BCUT2D eigenvalue weighted by Gasteiger charge is 2.23. The van der Waals surface area contributed by atoms with E-state index >= 15 is 0 Å². The van der Waals surface area contributed by atoms with Crippen molar-refractivity contribution in [2.24, 2.45) is 5.92 Å². The van der Waals surface area contributed by atoms with Crippen LogP contribution in [0.1, 0.15) is 13.3 Å². The van der Waals surface area contributed by atoms with Gasteiger partial charge in [0.25, 0.3) is 0 Å². The van der Waals surface area contributed by atoms with Crippen LogP contribution in [0.2, 0.25) is 0 Å². The lowest BCUT2D eigenvalue weighted by Crippen LogP contribution is -2.43. The lowest BCUT2D eigenvalue weighted by Gasteiger charge is -2.34. The van der Waals surface area contributed by atoms with Gasteiger partial charge >= 0.3 is 0 Å². The highest BCUT2D eigenvalue weighted by Crippen LogP contribution is 2.21. The summed E-state index contributed by atoms with van der Waals surface area (Å²) in [6.07, 6.45) is 0.736. The van der Waals surface area contributed by atoms with Crippen LogP contribution in [-0.4, -0.2) is 42.4 Å². The quantitative estimate of drug-likeness (QED) is 0.937. The normalized spacial score (nSPS) is 23.3. The van der Waals surface area contributed by atoms with E-state index in [2.05, 4.69) is 42.2 Å². The molecule has 0 aliphatic carbocycles. The molecule has 1 N–H and O–H groups in total. The van der Waals surface area contributed by atoms with E-state index in [1.165, 1.54) is 10.8 Å². The summed E-state index contributed by atoms with van der Waals surface area (Å²) in [7, 11) is 0. The number of rotatable bonds is 4. The molecule has 1 fully saturated rings. The second kappa shape index (κ2) is 6.46. The van der Waals surface area contributed by atoms with Crippen LogP contribution in [-0.2, 0) is 0 Å². The lowest BCUT2D eigenvalue weighted by atomic mass is 9.97. The molecule has 21 heavy (non-hydrogen) atoms. The van der Waals surface area contributed by atoms with Gasteiger partial charge in [-0.1, -0.05) is 37.3 Å². The lowest BCUT2D eigenvalue weighted by molar-refractivity contribution is 0.0304. The number of ether oxygens (including phenoxy) is 1. The molecule has 0 radical (unpaired) electrons. The smallest absolute Gasteiger partial charge is 0.120 e. The third-order valence-corrected chi connectivity index (χ3v) is 4.34. The van der Waals surface area contributed by atoms with Gasteiger partial charge in [0.15, 0.2) is 0 Å². The maximum Gasteiger partial charge on any atom is 0.120 e. The highest BCUT2D eigenvalue weighted by molar-refractivity contribution is 5.83. The fraction of sp³-hybridized carbons (Fsp3) is 0.444. The molecule has 0 spiro atoms. The van der Waals surface area contributed by atoms with Gasteiger partial charge in [0.1, 0.15) is 12.4 Å². The molecule has 1 saturated heterocycles. The third-order valence-electron chi connectivity index (χ3n) is 4.34. The molecule has 3 heteroatoms. The van der Waals surface area contributed by atoms with Crippen LogP contribution < -0.4 is 4.74 Å². The Morgan fingerprint density at radius 3 is 2.81 bits per heavy atom. The zero-order valence-electron chi connectivity index (χ0n) is 12.5. The van der Waals surface area contributed by atoms with Crippen LogP contribution in [0, 0.1) is 5.92 Å². The Morgan fingerprint density at radius 2 is 2.00 bits per heavy atom. The van der Waals surface area contributed by atoms with Crippen molar-refractivity contribution < 1.29 is 9.84 Å². The number of aliphatic hydroxyl groups excluding tert-OH is 1. The van der Waals surface area contributed by atoms with E-state index < -0.39 is 0 Å². The number of aliphatic hydroxyl groups is 1. The summed E-state index contributed by atoms with van der Waals surface area (Å²) in [4.78, 5) is 2.37. The Balaban J connectivity index is 1.52. The van der Waals surface area contributed by atoms with Crippen molar-refractivity contribution in [1.82, 2.24) is 4.90 Å². The summed E-state index contributed by atoms with van der Waals surface area (Å²) in [5.74, 6) is 1.29.